The molecule has 0 bridgehead atoms. The highest BCUT2D eigenvalue weighted by Gasteiger charge is 2.25. The van der Waals surface area contributed by atoms with E-state index in [2.05, 4.69) is 4.74 Å². The molecule has 10 heavy (non-hydrogen) atoms. The van der Waals surface area contributed by atoms with Gasteiger partial charge in [-0.2, -0.15) is 0 Å². The van der Waals surface area contributed by atoms with Gasteiger partial charge in [0.1, 0.15) is 0 Å². The Morgan fingerprint density at radius 1 is 1.80 bits per heavy atom. The van der Waals surface area contributed by atoms with E-state index >= 15 is 0 Å². The molecule has 1 rings (SSSR count). The zero-order valence-electron chi connectivity index (χ0n) is 5.20. The van der Waals surface area contributed by atoms with Gasteiger partial charge in [0, 0.05) is 12.8 Å². The number of rotatable bonds is 1. The van der Waals surface area contributed by atoms with Crippen molar-refractivity contribution in [1.29, 1.82) is 0 Å². The molecule has 1 unspecified atom stereocenters. The van der Waals surface area contributed by atoms with Crippen molar-refractivity contribution in [2.45, 2.75) is 18.3 Å². The summed E-state index contributed by atoms with van der Waals surface area (Å²) in [7, 11) is 0. The standard InChI is InChI=1S/C5H7NO3S/c6-5(8)9-4-2-1-3(7)10-4/h4H,1-2H2,(H2,6,8). The summed E-state index contributed by atoms with van der Waals surface area (Å²) in [6.45, 7) is 0. The van der Waals surface area contributed by atoms with Crippen LogP contribution < -0.4 is 5.73 Å². The van der Waals surface area contributed by atoms with Crippen LogP contribution in [0.4, 0.5) is 4.79 Å². The van der Waals surface area contributed by atoms with Crippen molar-refractivity contribution in [2.75, 3.05) is 0 Å². The Morgan fingerprint density at radius 2 is 2.50 bits per heavy atom. The van der Waals surface area contributed by atoms with Crippen molar-refractivity contribution in [2.24, 2.45) is 5.73 Å². The second kappa shape index (κ2) is 2.92. The van der Waals surface area contributed by atoms with Crippen LogP contribution in [0.15, 0.2) is 0 Å². The molecule has 0 spiro atoms. The predicted molar refractivity (Wildman–Crippen MR) is 36.3 cm³/mol. The molecule has 1 atom stereocenters. The first-order valence-corrected chi connectivity index (χ1v) is 3.72. The zero-order chi connectivity index (χ0) is 7.56. The van der Waals surface area contributed by atoms with Crippen molar-refractivity contribution in [3.8, 4) is 0 Å². The van der Waals surface area contributed by atoms with Crippen LogP contribution >= 0.6 is 11.8 Å². The van der Waals surface area contributed by atoms with E-state index in [9.17, 15) is 9.59 Å². The van der Waals surface area contributed by atoms with Crippen molar-refractivity contribution in [1.82, 2.24) is 0 Å². The lowest BCUT2D eigenvalue weighted by Crippen LogP contribution is -2.18. The number of thioether (sulfide) groups is 1. The van der Waals surface area contributed by atoms with Gasteiger partial charge in [-0.15, -0.1) is 0 Å². The van der Waals surface area contributed by atoms with E-state index in [1.165, 1.54) is 0 Å². The summed E-state index contributed by atoms with van der Waals surface area (Å²) in [4.78, 5) is 20.7. The molecule has 1 heterocycles. The van der Waals surface area contributed by atoms with Crippen LogP contribution in [0.2, 0.25) is 0 Å². The third-order valence-electron chi connectivity index (χ3n) is 1.09. The average Bonchev–Trinajstić information content (AvgIpc) is 2.13. The van der Waals surface area contributed by atoms with E-state index in [-0.39, 0.29) is 10.6 Å². The lowest BCUT2D eigenvalue weighted by atomic mass is 10.4. The normalized spacial score (nSPS) is 24.8. The Morgan fingerprint density at radius 3 is 2.90 bits per heavy atom. The number of hydrogen-bond acceptors (Lipinski definition) is 4. The minimum atomic E-state index is -0.813. The summed E-state index contributed by atoms with van der Waals surface area (Å²) in [6.07, 6.45) is 0.252. The number of carbonyl (C=O) groups is 2. The van der Waals surface area contributed by atoms with Gasteiger partial charge in [0.15, 0.2) is 10.6 Å². The van der Waals surface area contributed by atoms with E-state index in [4.69, 9.17) is 5.73 Å². The van der Waals surface area contributed by atoms with Crippen molar-refractivity contribution < 1.29 is 14.3 Å². The molecule has 1 aliphatic heterocycles. The van der Waals surface area contributed by atoms with Crippen LogP contribution in [0.5, 0.6) is 0 Å². The van der Waals surface area contributed by atoms with Crippen LogP contribution in [-0.2, 0) is 9.53 Å². The summed E-state index contributed by atoms with van der Waals surface area (Å²) < 4.78 is 4.56. The summed E-state index contributed by atoms with van der Waals surface area (Å²) in [6, 6.07) is 0. The maximum Gasteiger partial charge on any atom is 0.405 e. The van der Waals surface area contributed by atoms with Crippen LogP contribution in [0.3, 0.4) is 0 Å². The van der Waals surface area contributed by atoms with Gasteiger partial charge in [-0.3, -0.25) is 4.79 Å². The van der Waals surface area contributed by atoms with Crippen LogP contribution in [0, 0.1) is 0 Å². The van der Waals surface area contributed by atoms with Crippen LogP contribution in [0.25, 0.3) is 0 Å². The fraction of sp³-hybridized carbons (Fsp3) is 0.600. The van der Waals surface area contributed by atoms with E-state index in [1.54, 1.807) is 0 Å². The molecule has 56 valence electrons. The molecule has 0 aromatic heterocycles. The molecular weight excluding hydrogens is 154 g/mol. The summed E-state index contributed by atoms with van der Waals surface area (Å²) in [5.74, 6) is 0. The largest absolute Gasteiger partial charge is 0.435 e. The van der Waals surface area contributed by atoms with E-state index in [0.717, 1.165) is 11.8 Å². The lowest BCUT2D eigenvalue weighted by Gasteiger charge is -2.04. The molecule has 0 aromatic rings. The van der Waals surface area contributed by atoms with E-state index in [0.29, 0.717) is 12.8 Å². The summed E-state index contributed by atoms with van der Waals surface area (Å²) in [5.41, 5.74) is 4.39. The Balaban J connectivity index is 2.31. The first kappa shape index (κ1) is 7.40. The highest BCUT2D eigenvalue weighted by Crippen LogP contribution is 2.28. The highest BCUT2D eigenvalue weighted by atomic mass is 32.2. The molecule has 4 nitrogen and oxygen atoms in total. The maximum absolute atomic E-state index is 10.6. The predicted octanol–water partition coefficient (Wildman–Crippen LogP) is 0.461. The summed E-state index contributed by atoms with van der Waals surface area (Å²) in [5, 5.41) is 0.0613. The number of carbonyl (C=O) groups excluding carboxylic acids is 2. The van der Waals surface area contributed by atoms with Gasteiger partial charge in [-0.25, -0.2) is 4.79 Å². The number of amides is 1. The molecule has 2 N–H and O–H groups in total. The van der Waals surface area contributed by atoms with Gasteiger partial charge in [0.25, 0.3) is 0 Å². The number of nitrogens with two attached hydrogens (primary N) is 1. The van der Waals surface area contributed by atoms with Gasteiger partial charge in [-0.05, 0) is 11.8 Å². The van der Waals surface area contributed by atoms with Gasteiger partial charge in [-0.1, -0.05) is 0 Å². The van der Waals surface area contributed by atoms with E-state index < -0.39 is 6.09 Å². The molecule has 1 amide bonds. The van der Waals surface area contributed by atoms with Gasteiger partial charge in [0.2, 0.25) is 0 Å². The van der Waals surface area contributed by atoms with Crippen molar-refractivity contribution >= 4 is 23.0 Å². The minimum Gasteiger partial charge on any atom is -0.435 e. The number of ether oxygens (including phenoxy) is 1. The van der Waals surface area contributed by atoms with E-state index in [1.807, 2.05) is 0 Å². The zero-order valence-corrected chi connectivity index (χ0v) is 6.02. The van der Waals surface area contributed by atoms with Gasteiger partial charge < -0.3 is 10.5 Å². The molecule has 1 saturated heterocycles. The third kappa shape index (κ3) is 1.91. The molecule has 0 radical (unpaired) electrons. The van der Waals surface area contributed by atoms with Crippen LogP contribution in [0.1, 0.15) is 12.8 Å². The fourth-order valence-corrected chi connectivity index (χ4v) is 1.62. The Kier molecular flexibility index (Phi) is 2.16. The topological polar surface area (TPSA) is 69.4 Å². The SMILES string of the molecule is NC(=O)OC1CCC(=O)S1. The smallest absolute Gasteiger partial charge is 0.405 e. The van der Waals surface area contributed by atoms with Crippen molar-refractivity contribution in [3.05, 3.63) is 0 Å². The van der Waals surface area contributed by atoms with Gasteiger partial charge in [0.05, 0.1) is 0 Å². The second-order valence-corrected chi connectivity index (χ2v) is 3.11. The Hall–Kier alpha value is -0.710. The number of primary amides is 1. The van der Waals surface area contributed by atoms with Gasteiger partial charge >= 0.3 is 6.09 Å². The molecule has 1 aliphatic rings. The molecule has 0 saturated carbocycles. The maximum atomic E-state index is 10.6. The lowest BCUT2D eigenvalue weighted by molar-refractivity contribution is -0.110. The summed E-state index contributed by atoms with van der Waals surface area (Å²) >= 11 is 1.03. The fourth-order valence-electron chi connectivity index (χ4n) is 0.713. The molecule has 5 heteroatoms. The number of hydrogen-bond donors (Lipinski definition) is 1. The Labute approximate surface area is 62.1 Å². The van der Waals surface area contributed by atoms with Crippen molar-refractivity contribution in [3.63, 3.8) is 0 Å². The average molecular weight is 161 g/mol. The first-order chi connectivity index (χ1) is 4.68. The molecule has 0 aliphatic carbocycles. The first-order valence-electron chi connectivity index (χ1n) is 2.84. The highest BCUT2D eigenvalue weighted by molar-refractivity contribution is 8.14. The monoisotopic (exact) mass is 161 g/mol. The second-order valence-electron chi connectivity index (χ2n) is 1.89. The quantitative estimate of drug-likeness (QED) is 0.606. The molecule has 1 fully saturated rings. The molecule has 0 aromatic carbocycles. The van der Waals surface area contributed by atoms with Crippen LogP contribution in [-0.4, -0.2) is 16.6 Å². The molecular formula is C5H7NO3S. The minimum absolute atomic E-state index is 0.0613. The third-order valence-corrected chi connectivity index (χ3v) is 2.16. The Bertz CT molecular complexity index is 170.